The maximum atomic E-state index is 12.3. The van der Waals surface area contributed by atoms with Gasteiger partial charge in [0, 0.05) is 36.5 Å². The van der Waals surface area contributed by atoms with Crippen molar-refractivity contribution in [1.82, 2.24) is 37.6 Å². The summed E-state index contributed by atoms with van der Waals surface area (Å²) in [6.07, 6.45) is 6.34. The van der Waals surface area contributed by atoms with Gasteiger partial charge in [0.05, 0.1) is 17.7 Å². The molecule has 7 atom stereocenters. The molecular weight excluding hydrogens is 510 g/mol. The van der Waals surface area contributed by atoms with Crippen LogP contribution >= 0.6 is 11.8 Å². The molecule has 0 aromatic heterocycles. The molecular formula is C25H45N7O5S. The van der Waals surface area contributed by atoms with Crippen LogP contribution in [0.5, 0.6) is 0 Å². The smallest absolute Gasteiger partial charge is 0.408 e. The standard InChI is InChI=1S/C25H45N7O5S/c1-25(2,3)36-24(35)29-20-13-15(14-38-20)21-28-19(37-32-21)10-9-18(33)26-11-6-12-27-22-16-7-4-5-8-17(16)23(34)31-30-22/h15-17,19-22,27-28,30,32H,4-14H2,1-3H3,(H,26,33)(H,29,35)(H,31,34). The van der Waals surface area contributed by atoms with E-state index < -0.39 is 11.7 Å². The molecule has 4 rings (SSSR count). The fourth-order valence-corrected chi connectivity index (χ4v) is 6.95. The second-order valence-corrected chi connectivity index (χ2v) is 12.9. The van der Waals surface area contributed by atoms with Crippen molar-refractivity contribution in [2.75, 3.05) is 18.8 Å². The summed E-state index contributed by atoms with van der Waals surface area (Å²) in [7, 11) is 0. The number of alkyl carbamates (subject to hydrolysis) is 1. The van der Waals surface area contributed by atoms with Crippen LogP contribution in [0.1, 0.15) is 72.1 Å². The van der Waals surface area contributed by atoms with Crippen LogP contribution in [0.2, 0.25) is 0 Å². The number of carbonyl (C=O) groups is 3. The molecule has 0 aromatic carbocycles. The van der Waals surface area contributed by atoms with E-state index in [0.717, 1.165) is 44.4 Å². The molecule has 13 heteroatoms. The Morgan fingerprint density at radius 2 is 2.00 bits per heavy atom. The lowest BCUT2D eigenvalue weighted by atomic mass is 9.76. The van der Waals surface area contributed by atoms with Crippen molar-refractivity contribution in [3.63, 3.8) is 0 Å². The molecule has 0 spiro atoms. The first-order valence-corrected chi connectivity index (χ1v) is 15.1. The fourth-order valence-electron chi connectivity index (χ4n) is 5.58. The summed E-state index contributed by atoms with van der Waals surface area (Å²) in [6, 6.07) is 0. The molecule has 0 aromatic rings. The highest BCUT2D eigenvalue weighted by Gasteiger charge is 2.40. The monoisotopic (exact) mass is 555 g/mol. The summed E-state index contributed by atoms with van der Waals surface area (Å²) in [5.41, 5.74) is 8.46. The summed E-state index contributed by atoms with van der Waals surface area (Å²) in [5.74, 6) is 1.74. The zero-order chi connectivity index (χ0) is 27.1. The summed E-state index contributed by atoms with van der Waals surface area (Å²) >= 11 is 1.70. The largest absolute Gasteiger partial charge is 0.444 e. The second-order valence-electron chi connectivity index (χ2n) is 11.7. The summed E-state index contributed by atoms with van der Waals surface area (Å²) in [6.45, 7) is 6.91. The van der Waals surface area contributed by atoms with Gasteiger partial charge in [0.15, 0.2) is 0 Å². The maximum absolute atomic E-state index is 12.3. The van der Waals surface area contributed by atoms with Crippen LogP contribution in [0, 0.1) is 17.8 Å². The third kappa shape index (κ3) is 8.68. The predicted octanol–water partition coefficient (Wildman–Crippen LogP) is 1.01. The van der Waals surface area contributed by atoms with Crippen molar-refractivity contribution < 1.29 is 24.0 Å². The molecule has 3 amide bonds. The van der Waals surface area contributed by atoms with E-state index in [1.807, 2.05) is 20.8 Å². The molecule has 216 valence electrons. The zero-order valence-electron chi connectivity index (χ0n) is 22.8. The van der Waals surface area contributed by atoms with E-state index in [2.05, 4.69) is 37.6 Å². The molecule has 3 saturated heterocycles. The van der Waals surface area contributed by atoms with Gasteiger partial charge >= 0.3 is 6.09 Å². The summed E-state index contributed by atoms with van der Waals surface area (Å²) in [4.78, 5) is 42.1. The number of nitrogens with one attached hydrogen (secondary N) is 7. The van der Waals surface area contributed by atoms with Crippen molar-refractivity contribution in [2.45, 2.75) is 102 Å². The molecule has 7 unspecified atom stereocenters. The maximum Gasteiger partial charge on any atom is 0.408 e. The minimum Gasteiger partial charge on any atom is -0.444 e. The highest BCUT2D eigenvalue weighted by atomic mass is 32.2. The van der Waals surface area contributed by atoms with Gasteiger partial charge in [0.25, 0.3) is 0 Å². The quantitative estimate of drug-likeness (QED) is 0.194. The number of rotatable bonds is 10. The van der Waals surface area contributed by atoms with Crippen LogP contribution in [0.3, 0.4) is 0 Å². The van der Waals surface area contributed by atoms with Crippen molar-refractivity contribution in [2.24, 2.45) is 17.8 Å². The van der Waals surface area contributed by atoms with Gasteiger partial charge in [-0.1, -0.05) is 12.8 Å². The highest BCUT2D eigenvalue weighted by molar-refractivity contribution is 8.00. The fraction of sp³-hybridized carbons (Fsp3) is 0.880. The third-order valence-electron chi connectivity index (χ3n) is 7.49. The van der Waals surface area contributed by atoms with Crippen molar-refractivity contribution in [3.8, 4) is 0 Å². The van der Waals surface area contributed by atoms with Gasteiger partial charge in [-0.15, -0.1) is 11.8 Å². The topological polar surface area (TPSA) is 154 Å². The van der Waals surface area contributed by atoms with E-state index >= 15 is 0 Å². The molecule has 3 heterocycles. The van der Waals surface area contributed by atoms with Crippen LogP contribution in [0.4, 0.5) is 4.79 Å². The highest BCUT2D eigenvalue weighted by Crippen LogP contribution is 2.34. The van der Waals surface area contributed by atoms with Crippen molar-refractivity contribution in [1.29, 1.82) is 0 Å². The lowest BCUT2D eigenvalue weighted by Gasteiger charge is -2.41. The lowest BCUT2D eigenvalue weighted by Crippen LogP contribution is -2.64. The van der Waals surface area contributed by atoms with E-state index in [4.69, 9.17) is 9.57 Å². The lowest BCUT2D eigenvalue weighted by molar-refractivity contribution is -0.134. The Balaban J connectivity index is 1.04. The first-order chi connectivity index (χ1) is 18.2. The van der Waals surface area contributed by atoms with Crippen molar-refractivity contribution in [3.05, 3.63) is 0 Å². The molecule has 4 fully saturated rings. The number of ether oxygens (including phenoxy) is 1. The molecule has 4 aliphatic rings. The van der Waals surface area contributed by atoms with Crippen molar-refractivity contribution >= 4 is 29.7 Å². The Bertz CT molecular complexity index is 828. The number of hydrogen-bond acceptors (Lipinski definition) is 10. The van der Waals surface area contributed by atoms with Gasteiger partial charge in [-0.2, -0.15) is 5.48 Å². The third-order valence-corrected chi connectivity index (χ3v) is 8.82. The first-order valence-electron chi connectivity index (χ1n) is 14.0. The average molecular weight is 556 g/mol. The number of carbonyl (C=O) groups excluding carboxylic acids is 3. The minimum atomic E-state index is -0.517. The van der Waals surface area contributed by atoms with Gasteiger partial charge in [0.2, 0.25) is 11.8 Å². The molecule has 0 bridgehead atoms. The molecule has 1 aliphatic carbocycles. The van der Waals surface area contributed by atoms with E-state index in [9.17, 15) is 14.4 Å². The first kappa shape index (κ1) is 29.3. The van der Waals surface area contributed by atoms with Crippen LogP contribution in [0.15, 0.2) is 0 Å². The summed E-state index contributed by atoms with van der Waals surface area (Å²) < 4.78 is 5.35. The van der Waals surface area contributed by atoms with E-state index in [-0.39, 0.29) is 41.7 Å². The molecule has 12 nitrogen and oxygen atoms in total. The Morgan fingerprint density at radius 1 is 1.18 bits per heavy atom. The zero-order valence-corrected chi connectivity index (χ0v) is 23.6. The summed E-state index contributed by atoms with van der Waals surface area (Å²) in [5, 5.41) is 12.8. The van der Waals surface area contributed by atoms with E-state index in [0.29, 0.717) is 31.2 Å². The molecule has 7 N–H and O–H groups in total. The van der Waals surface area contributed by atoms with Crippen LogP contribution in [0.25, 0.3) is 0 Å². The van der Waals surface area contributed by atoms with E-state index in [1.54, 1.807) is 11.8 Å². The Hall–Kier alpha value is -1.64. The Kier molecular flexibility index (Phi) is 10.5. The number of amides is 3. The molecule has 0 radical (unpaired) electrons. The number of hydrogen-bond donors (Lipinski definition) is 7. The average Bonchev–Trinajstić information content (AvgIpc) is 3.52. The van der Waals surface area contributed by atoms with Crippen LogP contribution in [-0.2, 0) is 19.2 Å². The van der Waals surface area contributed by atoms with Gasteiger partial charge < -0.3 is 20.7 Å². The number of hydroxylamine groups is 1. The van der Waals surface area contributed by atoms with Gasteiger partial charge in [0.1, 0.15) is 11.8 Å². The Labute approximate surface area is 229 Å². The minimum absolute atomic E-state index is 0.00676. The van der Waals surface area contributed by atoms with Gasteiger partial charge in [-0.3, -0.25) is 25.2 Å². The molecule has 3 aliphatic heterocycles. The SMILES string of the molecule is CC(C)(C)OC(=O)NC1CC(C2NOC(CCC(=O)NCCCNC3NNC(=O)C4CCCCC34)N2)CS1. The van der Waals surface area contributed by atoms with E-state index in [1.165, 1.54) is 6.42 Å². The van der Waals surface area contributed by atoms with Gasteiger partial charge in [-0.05, 0) is 59.4 Å². The molecule has 38 heavy (non-hydrogen) atoms. The normalized spacial score (nSPS) is 33.3. The molecule has 1 saturated carbocycles. The Morgan fingerprint density at radius 3 is 2.82 bits per heavy atom. The number of hydrazine groups is 1. The van der Waals surface area contributed by atoms with Crippen LogP contribution < -0.4 is 37.6 Å². The van der Waals surface area contributed by atoms with Gasteiger partial charge in [-0.25, -0.2) is 10.2 Å². The second kappa shape index (κ2) is 13.6. The number of thioether (sulfide) groups is 1. The predicted molar refractivity (Wildman–Crippen MR) is 144 cm³/mol. The number of fused-ring (bicyclic) bond motifs is 1. The van der Waals surface area contributed by atoms with Crippen LogP contribution in [-0.4, -0.2) is 66.3 Å².